The van der Waals surface area contributed by atoms with Gasteiger partial charge in [0.15, 0.2) is 0 Å². The number of nitrogens with one attached hydrogen (secondary N) is 6. The zero-order chi connectivity index (χ0) is 46.2. The number of rotatable bonds is 23. The molecule has 0 bridgehead atoms. The molecule has 7 amide bonds. The number of phenolic OH excluding ortho intramolecular Hbond substituents is 1. The van der Waals surface area contributed by atoms with Gasteiger partial charge in [0.25, 0.3) is 0 Å². The molecule has 1 aromatic carbocycles. The SMILES string of the molecule is C[C@H](NC(=O)[C@H](Cc1ccc(O)cc1)NC(=O)[C@H](CCCCN)NC(=O)[C@@H]1C[C@@H](O)CN1C(=O)[C@H](C)NC(=O)[C@@H]1CCCN1)C(=O)N1CCC[C@H]1C(=O)N[C@@H](CCCCN)C(=O)O. The van der Waals surface area contributed by atoms with Crippen molar-refractivity contribution in [2.45, 2.75) is 145 Å². The van der Waals surface area contributed by atoms with Crippen LogP contribution in [0.3, 0.4) is 0 Å². The number of carbonyl (C=O) groups excluding carboxylic acids is 7. The Morgan fingerprint density at radius 2 is 1.30 bits per heavy atom. The number of hydrogen-bond acceptors (Lipinski definition) is 13. The maximum atomic E-state index is 14.1. The number of phenols is 1. The Labute approximate surface area is 367 Å². The van der Waals surface area contributed by atoms with Crippen molar-refractivity contribution in [3.05, 3.63) is 29.8 Å². The second-order valence-corrected chi connectivity index (χ2v) is 16.7. The van der Waals surface area contributed by atoms with Crippen LogP contribution < -0.4 is 43.4 Å². The van der Waals surface area contributed by atoms with Gasteiger partial charge in [-0.15, -0.1) is 0 Å². The van der Waals surface area contributed by atoms with E-state index in [4.69, 9.17) is 11.5 Å². The molecule has 0 spiro atoms. The number of carboxylic acids is 1. The number of amides is 7. The highest BCUT2D eigenvalue weighted by Gasteiger charge is 2.43. The lowest BCUT2D eigenvalue weighted by atomic mass is 10.0. The van der Waals surface area contributed by atoms with Crippen LogP contribution in [0.5, 0.6) is 5.75 Å². The summed E-state index contributed by atoms with van der Waals surface area (Å²) in [6.07, 6.45) is 3.13. The Kier molecular flexibility index (Phi) is 19.5. The van der Waals surface area contributed by atoms with Gasteiger partial charge in [0, 0.05) is 25.9 Å². The average Bonchev–Trinajstić information content (AvgIpc) is 4.05. The molecule has 0 saturated carbocycles. The van der Waals surface area contributed by atoms with Crippen LogP contribution in [0.2, 0.25) is 0 Å². The van der Waals surface area contributed by atoms with E-state index in [1.54, 1.807) is 12.1 Å². The lowest BCUT2D eigenvalue weighted by Gasteiger charge is -2.30. The van der Waals surface area contributed by atoms with Crippen LogP contribution >= 0.6 is 0 Å². The van der Waals surface area contributed by atoms with Gasteiger partial charge in [-0.1, -0.05) is 12.1 Å². The van der Waals surface area contributed by atoms with E-state index >= 15 is 0 Å². The molecule has 0 radical (unpaired) electrons. The minimum atomic E-state index is -1.32. The molecule has 21 heteroatoms. The molecule has 4 rings (SSSR count). The first-order chi connectivity index (χ1) is 30.0. The Balaban J connectivity index is 1.47. The number of carboxylic acid groups (broad SMARTS) is 1. The fraction of sp³-hybridized carbons (Fsp3) is 0.667. The minimum Gasteiger partial charge on any atom is -0.508 e. The van der Waals surface area contributed by atoms with Gasteiger partial charge in [-0.25, -0.2) is 4.79 Å². The molecule has 0 aliphatic carbocycles. The average molecular weight is 887 g/mol. The highest BCUT2D eigenvalue weighted by molar-refractivity contribution is 5.98. The molecule has 3 heterocycles. The largest absolute Gasteiger partial charge is 0.508 e. The maximum Gasteiger partial charge on any atom is 0.326 e. The van der Waals surface area contributed by atoms with Crippen molar-refractivity contribution >= 4 is 47.3 Å². The monoisotopic (exact) mass is 886 g/mol. The number of carbonyl (C=O) groups is 8. The van der Waals surface area contributed by atoms with Crippen LogP contribution in [0.25, 0.3) is 0 Å². The summed E-state index contributed by atoms with van der Waals surface area (Å²) < 4.78 is 0. The highest BCUT2D eigenvalue weighted by atomic mass is 16.4. The summed E-state index contributed by atoms with van der Waals surface area (Å²) in [6.45, 7) is 4.29. The minimum absolute atomic E-state index is 0.0349. The second kappa shape index (κ2) is 24.5. The standard InChI is InChI=1S/C42H66N10O11/c1-24(40(60)51-20-8-12-33(51)38(58)49-31(42(62)63)10-4-6-18-44)47-37(57)32(21-26-13-15-27(53)16-14-26)50-36(56)30(9-3-5-17-43)48-39(59)34-22-28(54)23-52(34)41(61)25(2)46-35(55)29-11-7-19-45-29/h13-16,24-25,28-34,45,53-54H,3-12,17-23,43-44H2,1-2H3,(H,46,55)(H,47,57)(H,48,59)(H,49,58)(H,50,56)(H,62,63)/t24-,25-,28+,29-,30-,31-,32-,33-,34-/m0/s1. The number of aliphatic carboxylic acids is 1. The predicted octanol–water partition coefficient (Wildman–Crippen LogP) is -2.55. The molecule has 13 N–H and O–H groups in total. The second-order valence-electron chi connectivity index (χ2n) is 16.7. The van der Waals surface area contributed by atoms with Crippen LogP contribution in [-0.2, 0) is 44.8 Å². The van der Waals surface area contributed by atoms with E-state index in [-0.39, 0.29) is 56.9 Å². The number of aromatic hydroxyl groups is 1. The first-order valence-corrected chi connectivity index (χ1v) is 22.0. The molecule has 0 unspecified atom stereocenters. The van der Waals surface area contributed by atoms with Gasteiger partial charge in [-0.2, -0.15) is 0 Å². The maximum absolute atomic E-state index is 14.1. The summed E-state index contributed by atoms with van der Waals surface area (Å²) in [6, 6.07) is -2.59. The van der Waals surface area contributed by atoms with Gasteiger partial charge < -0.3 is 68.5 Å². The van der Waals surface area contributed by atoms with E-state index in [9.17, 15) is 53.7 Å². The van der Waals surface area contributed by atoms with Crippen LogP contribution in [0, 0.1) is 0 Å². The quantitative estimate of drug-likeness (QED) is 0.0505. The zero-order valence-electron chi connectivity index (χ0n) is 36.2. The Hall–Kier alpha value is -5.38. The van der Waals surface area contributed by atoms with E-state index in [0.29, 0.717) is 63.7 Å². The Morgan fingerprint density at radius 1 is 0.714 bits per heavy atom. The third-order valence-electron chi connectivity index (χ3n) is 11.7. The number of nitrogens with two attached hydrogens (primary N) is 2. The highest BCUT2D eigenvalue weighted by Crippen LogP contribution is 2.22. The topological polar surface area (TPSA) is 328 Å². The van der Waals surface area contributed by atoms with Gasteiger partial charge in [0.05, 0.1) is 12.1 Å². The first-order valence-electron chi connectivity index (χ1n) is 22.0. The van der Waals surface area contributed by atoms with Crippen molar-refractivity contribution in [3.63, 3.8) is 0 Å². The number of likely N-dealkylation sites (tertiary alicyclic amines) is 2. The number of benzene rings is 1. The lowest BCUT2D eigenvalue weighted by Crippen LogP contribution is -2.59. The van der Waals surface area contributed by atoms with E-state index in [1.165, 1.54) is 35.8 Å². The molecule has 3 aliphatic rings. The van der Waals surface area contributed by atoms with Crippen LogP contribution in [-0.4, -0.2) is 160 Å². The Bertz CT molecular complexity index is 1760. The Morgan fingerprint density at radius 3 is 1.92 bits per heavy atom. The van der Waals surface area contributed by atoms with Crippen molar-refractivity contribution in [1.82, 2.24) is 41.7 Å². The molecular formula is C42H66N10O11. The van der Waals surface area contributed by atoms with Crippen LogP contribution in [0.1, 0.15) is 90.0 Å². The molecule has 350 valence electrons. The van der Waals surface area contributed by atoms with Crippen molar-refractivity contribution < 1.29 is 53.7 Å². The first kappa shape index (κ1) is 50.3. The fourth-order valence-corrected chi connectivity index (χ4v) is 8.16. The molecule has 1 aromatic rings. The molecule has 21 nitrogen and oxygen atoms in total. The molecule has 3 fully saturated rings. The summed E-state index contributed by atoms with van der Waals surface area (Å²) in [7, 11) is 0. The fourth-order valence-electron chi connectivity index (χ4n) is 8.16. The van der Waals surface area contributed by atoms with E-state index in [1.807, 2.05) is 0 Å². The normalized spacial score (nSPS) is 22.0. The third-order valence-corrected chi connectivity index (χ3v) is 11.7. The smallest absolute Gasteiger partial charge is 0.326 e. The number of unbranched alkanes of at least 4 members (excludes halogenated alkanes) is 2. The summed E-state index contributed by atoms with van der Waals surface area (Å²) in [4.78, 5) is 110. The molecule has 63 heavy (non-hydrogen) atoms. The van der Waals surface area contributed by atoms with Gasteiger partial charge in [0.2, 0.25) is 41.4 Å². The van der Waals surface area contributed by atoms with E-state index in [0.717, 1.165) is 6.42 Å². The van der Waals surface area contributed by atoms with Crippen LogP contribution in [0.4, 0.5) is 0 Å². The number of nitrogens with zero attached hydrogens (tertiary/aromatic N) is 2. The summed E-state index contributed by atoms with van der Waals surface area (Å²) in [5.41, 5.74) is 11.8. The van der Waals surface area contributed by atoms with Gasteiger partial charge in [-0.05, 0) is 115 Å². The number of aliphatic hydroxyl groups excluding tert-OH is 1. The van der Waals surface area contributed by atoms with Crippen molar-refractivity contribution in [1.29, 1.82) is 0 Å². The van der Waals surface area contributed by atoms with Gasteiger partial charge in [0.1, 0.15) is 48.0 Å². The molecular weight excluding hydrogens is 821 g/mol. The molecule has 3 saturated heterocycles. The van der Waals surface area contributed by atoms with Gasteiger partial charge in [-0.3, -0.25) is 33.6 Å². The molecule has 3 aliphatic heterocycles. The van der Waals surface area contributed by atoms with E-state index in [2.05, 4.69) is 31.9 Å². The predicted molar refractivity (Wildman–Crippen MR) is 228 cm³/mol. The van der Waals surface area contributed by atoms with Crippen molar-refractivity contribution in [2.24, 2.45) is 11.5 Å². The van der Waals surface area contributed by atoms with Crippen molar-refractivity contribution in [3.8, 4) is 5.75 Å². The summed E-state index contributed by atoms with van der Waals surface area (Å²) in [5, 5.41) is 46.5. The zero-order valence-corrected chi connectivity index (χ0v) is 36.2. The third kappa shape index (κ3) is 14.6. The number of β-amino-alcohol motifs (C(OH)–C–C–N with tert-alkyl or cyclic N) is 1. The summed E-state index contributed by atoms with van der Waals surface area (Å²) in [5.74, 6) is -5.65. The molecule has 9 atom stereocenters. The number of hydrogen-bond donors (Lipinski definition) is 11. The van der Waals surface area contributed by atoms with Crippen molar-refractivity contribution in [2.75, 3.05) is 32.7 Å². The van der Waals surface area contributed by atoms with Gasteiger partial charge >= 0.3 is 5.97 Å². The number of aliphatic hydroxyl groups is 1. The molecule has 0 aromatic heterocycles. The van der Waals surface area contributed by atoms with E-state index < -0.39 is 95.9 Å². The lowest BCUT2D eigenvalue weighted by molar-refractivity contribution is -0.145. The van der Waals surface area contributed by atoms with Crippen LogP contribution in [0.15, 0.2) is 24.3 Å². The summed E-state index contributed by atoms with van der Waals surface area (Å²) >= 11 is 0.